The molecule has 1 aliphatic heterocycles. The number of nitrogens with zero attached hydrogens (tertiary/aromatic N) is 1. The van der Waals surface area contributed by atoms with E-state index in [1.165, 1.54) is 0 Å². The lowest BCUT2D eigenvalue weighted by Crippen LogP contribution is -2.47. The molecular weight excluding hydrogens is 230 g/mol. The van der Waals surface area contributed by atoms with Crippen LogP contribution in [0.2, 0.25) is 0 Å². The zero-order valence-corrected chi connectivity index (χ0v) is 11.6. The predicted molar refractivity (Wildman–Crippen MR) is 70.8 cm³/mol. The van der Waals surface area contributed by atoms with Crippen LogP contribution in [0.4, 0.5) is 0 Å². The van der Waals surface area contributed by atoms with Crippen molar-refractivity contribution in [2.24, 2.45) is 11.7 Å². The molecule has 2 amide bonds. The molecule has 0 radical (unpaired) electrons. The molecule has 0 aromatic rings. The van der Waals surface area contributed by atoms with Crippen LogP contribution in [0.3, 0.4) is 0 Å². The quantitative estimate of drug-likeness (QED) is 0.767. The van der Waals surface area contributed by atoms with Gasteiger partial charge in [-0.2, -0.15) is 0 Å². The Morgan fingerprint density at radius 3 is 2.33 bits per heavy atom. The SMILES string of the molecule is CC(=O)N1CCC(NC(=O)CC(N)C(C)C)CC1. The van der Waals surface area contributed by atoms with Crippen LogP contribution >= 0.6 is 0 Å². The highest BCUT2D eigenvalue weighted by atomic mass is 16.2. The van der Waals surface area contributed by atoms with Gasteiger partial charge in [0.1, 0.15) is 0 Å². The maximum absolute atomic E-state index is 11.8. The third-order valence-corrected chi connectivity index (χ3v) is 3.58. The molecule has 5 nitrogen and oxygen atoms in total. The number of hydrogen-bond donors (Lipinski definition) is 2. The van der Waals surface area contributed by atoms with E-state index in [-0.39, 0.29) is 23.9 Å². The van der Waals surface area contributed by atoms with Gasteiger partial charge in [0.2, 0.25) is 11.8 Å². The van der Waals surface area contributed by atoms with Crippen molar-refractivity contribution >= 4 is 11.8 Å². The van der Waals surface area contributed by atoms with Gasteiger partial charge >= 0.3 is 0 Å². The third-order valence-electron chi connectivity index (χ3n) is 3.58. The summed E-state index contributed by atoms with van der Waals surface area (Å²) < 4.78 is 0. The Bertz CT molecular complexity index is 297. The van der Waals surface area contributed by atoms with Gasteiger partial charge in [-0.15, -0.1) is 0 Å². The summed E-state index contributed by atoms with van der Waals surface area (Å²) in [5.74, 6) is 0.453. The number of carbonyl (C=O) groups is 2. The number of amides is 2. The van der Waals surface area contributed by atoms with Crippen molar-refractivity contribution in [1.82, 2.24) is 10.2 Å². The molecular formula is C13H25N3O2. The highest BCUT2D eigenvalue weighted by Gasteiger charge is 2.22. The van der Waals surface area contributed by atoms with Gasteiger partial charge in [0.25, 0.3) is 0 Å². The largest absolute Gasteiger partial charge is 0.353 e. The van der Waals surface area contributed by atoms with Crippen LogP contribution < -0.4 is 11.1 Å². The first kappa shape index (κ1) is 15.0. The lowest BCUT2D eigenvalue weighted by Gasteiger charge is -2.32. The van der Waals surface area contributed by atoms with E-state index >= 15 is 0 Å². The monoisotopic (exact) mass is 255 g/mol. The average Bonchev–Trinajstić information content (AvgIpc) is 2.29. The fourth-order valence-electron chi connectivity index (χ4n) is 2.08. The standard InChI is InChI=1S/C13H25N3O2/c1-9(2)12(14)8-13(18)15-11-4-6-16(7-5-11)10(3)17/h9,11-12H,4-8,14H2,1-3H3,(H,15,18). The Morgan fingerprint density at radius 2 is 1.89 bits per heavy atom. The molecule has 0 saturated carbocycles. The molecule has 1 saturated heterocycles. The minimum atomic E-state index is -0.0812. The summed E-state index contributed by atoms with van der Waals surface area (Å²) in [5, 5.41) is 3.01. The molecule has 0 aliphatic carbocycles. The number of piperidine rings is 1. The number of nitrogens with one attached hydrogen (secondary N) is 1. The highest BCUT2D eigenvalue weighted by Crippen LogP contribution is 2.11. The molecule has 1 aliphatic rings. The van der Waals surface area contributed by atoms with Gasteiger partial charge < -0.3 is 16.0 Å². The van der Waals surface area contributed by atoms with E-state index in [2.05, 4.69) is 5.32 Å². The summed E-state index contributed by atoms with van der Waals surface area (Å²) >= 11 is 0. The zero-order valence-electron chi connectivity index (χ0n) is 11.6. The highest BCUT2D eigenvalue weighted by molar-refractivity contribution is 5.77. The van der Waals surface area contributed by atoms with E-state index in [9.17, 15) is 9.59 Å². The summed E-state index contributed by atoms with van der Waals surface area (Å²) in [6.45, 7) is 7.08. The van der Waals surface area contributed by atoms with Gasteiger partial charge in [-0.25, -0.2) is 0 Å². The molecule has 18 heavy (non-hydrogen) atoms. The van der Waals surface area contributed by atoms with E-state index < -0.39 is 0 Å². The number of nitrogens with two attached hydrogens (primary N) is 1. The van der Waals surface area contributed by atoms with Crippen molar-refractivity contribution in [2.75, 3.05) is 13.1 Å². The number of carbonyl (C=O) groups excluding carboxylic acids is 2. The molecule has 5 heteroatoms. The van der Waals surface area contributed by atoms with E-state index in [0.717, 1.165) is 25.9 Å². The van der Waals surface area contributed by atoms with Crippen molar-refractivity contribution < 1.29 is 9.59 Å². The summed E-state index contributed by atoms with van der Waals surface area (Å²) in [7, 11) is 0. The molecule has 0 bridgehead atoms. The molecule has 1 heterocycles. The first-order valence-corrected chi connectivity index (χ1v) is 6.70. The summed E-state index contributed by atoms with van der Waals surface area (Å²) in [6.07, 6.45) is 2.05. The summed E-state index contributed by atoms with van der Waals surface area (Å²) in [4.78, 5) is 24.8. The minimum Gasteiger partial charge on any atom is -0.353 e. The van der Waals surface area contributed by atoms with E-state index in [1.807, 2.05) is 18.7 Å². The van der Waals surface area contributed by atoms with Crippen LogP contribution in [-0.4, -0.2) is 41.9 Å². The van der Waals surface area contributed by atoms with E-state index in [1.54, 1.807) is 6.92 Å². The summed E-state index contributed by atoms with van der Waals surface area (Å²) in [5.41, 5.74) is 5.87. The average molecular weight is 255 g/mol. The summed E-state index contributed by atoms with van der Waals surface area (Å²) in [6, 6.07) is 0.106. The fraction of sp³-hybridized carbons (Fsp3) is 0.846. The predicted octanol–water partition coefficient (Wildman–Crippen LogP) is 0.487. The van der Waals surface area contributed by atoms with Crippen LogP contribution in [0.15, 0.2) is 0 Å². The molecule has 104 valence electrons. The van der Waals surface area contributed by atoms with Gasteiger partial charge in [0.15, 0.2) is 0 Å². The molecule has 1 atom stereocenters. The van der Waals surface area contributed by atoms with Crippen LogP contribution in [-0.2, 0) is 9.59 Å². The number of likely N-dealkylation sites (tertiary alicyclic amines) is 1. The first-order chi connectivity index (χ1) is 8.40. The molecule has 0 aromatic carbocycles. The Hall–Kier alpha value is -1.10. The van der Waals surface area contributed by atoms with E-state index in [4.69, 9.17) is 5.73 Å². The van der Waals surface area contributed by atoms with Crippen LogP contribution in [0.25, 0.3) is 0 Å². The molecule has 0 spiro atoms. The van der Waals surface area contributed by atoms with Crippen LogP contribution in [0.1, 0.15) is 40.0 Å². The molecule has 1 rings (SSSR count). The molecule has 3 N–H and O–H groups in total. The fourth-order valence-corrected chi connectivity index (χ4v) is 2.08. The minimum absolute atomic E-state index is 0.0254. The first-order valence-electron chi connectivity index (χ1n) is 6.70. The lowest BCUT2D eigenvalue weighted by molar-refractivity contribution is -0.130. The smallest absolute Gasteiger partial charge is 0.221 e. The van der Waals surface area contributed by atoms with Crippen molar-refractivity contribution in [3.05, 3.63) is 0 Å². The maximum Gasteiger partial charge on any atom is 0.221 e. The van der Waals surface area contributed by atoms with Crippen molar-refractivity contribution in [1.29, 1.82) is 0 Å². The Labute approximate surface area is 109 Å². The number of hydrogen-bond acceptors (Lipinski definition) is 3. The molecule has 0 aromatic heterocycles. The normalized spacial score (nSPS) is 18.8. The van der Waals surface area contributed by atoms with Crippen molar-refractivity contribution in [3.8, 4) is 0 Å². The van der Waals surface area contributed by atoms with Crippen molar-refractivity contribution in [2.45, 2.75) is 52.1 Å². The molecule has 1 unspecified atom stereocenters. The topological polar surface area (TPSA) is 75.4 Å². The van der Waals surface area contributed by atoms with Gasteiger partial charge in [0.05, 0.1) is 0 Å². The van der Waals surface area contributed by atoms with Gasteiger partial charge in [-0.3, -0.25) is 9.59 Å². The second-order valence-corrected chi connectivity index (χ2v) is 5.46. The second kappa shape index (κ2) is 6.73. The van der Waals surface area contributed by atoms with Gasteiger partial charge in [-0.05, 0) is 18.8 Å². The second-order valence-electron chi connectivity index (χ2n) is 5.46. The molecule has 1 fully saturated rings. The Kier molecular flexibility index (Phi) is 5.59. The van der Waals surface area contributed by atoms with Crippen LogP contribution in [0, 0.1) is 5.92 Å². The lowest BCUT2D eigenvalue weighted by atomic mass is 10.0. The third kappa shape index (κ3) is 4.64. The van der Waals surface area contributed by atoms with Gasteiger partial charge in [0, 0.05) is 38.5 Å². The number of rotatable bonds is 4. The Morgan fingerprint density at radius 1 is 1.33 bits per heavy atom. The van der Waals surface area contributed by atoms with Crippen LogP contribution in [0.5, 0.6) is 0 Å². The Balaban J connectivity index is 2.28. The maximum atomic E-state index is 11.8. The van der Waals surface area contributed by atoms with Gasteiger partial charge in [-0.1, -0.05) is 13.8 Å². The van der Waals surface area contributed by atoms with Crippen molar-refractivity contribution in [3.63, 3.8) is 0 Å². The zero-order chi connectivity index (χ0) is 13.7. The van der Waals surface area contributed by atoms with E-state index in [0.29, 0.717) is 12.3 Å².